The number of amides is 1. The lowest BCUT2D eigenvalue weighted by Gasteiger charge is -2.08. The Morgan fingerprint density at radius 2 is 1.83 bits per heavy atom. The molecule has 120 valence electrons. The van der Waals surface area contributed by atoms with Crippen molar-refractivity contribution in [1.29, 1.82) is 0 Å². The summed E-state index contributed by atoms with van der Waals surface area (Å²) >= 11 is 0. The van der Waals surface area contributed by atoms with Crippen LogP contribution in [0.4, 0.5) is 13.2 Å². The second-order valence-electron chi connectivity index (χ2n) is 5.16. The molecule has 0 aliphatic rings. The number of nitrogens with one attached hydrogen (secondary N) is 1. The largest absolute Gasteiger partial charge is 0.416 e. The van der Waals surface area contributed by atoms with Crippen LogP contribution < -0.4 is 5.32 Å². The van der Waals surface area contributed by atoms with Crippen molar-refractivity contribution in [3.8, 4) is 0 Å². The van der Waals surface area contributed by atoms with Crippen molar-refractivity contribution in [1.82, 2.24) is 5.32 Å². The number of rotatable bonds is 4. The quantitative estimate of drug-likeness (QED) is 0.834. The van der Waals surface area contributed by atoms with Gasteiger partial charge in [-0.3, -0.25) is 4.79 Å². The molecule has 2 aromatic carbocycles. The van der Waals surface area contributed by atoms with Gasteiger partial charge in [-0.15, -0.1) is 0 Å². The average molecular weight is 319 g/mol. The van der Waals surface area contributed by atoms with Gasteiger partial charge in [0, 0.05) is 12.6 Å². The molecule has 0 radical (unpaired) electrons. The van der Waals surface area contributed by atoms with E-state index in [9.17, 15) is 18.0 Å². The van der Waals surface area contributed by atoms with E-state index in [0.717, 1.165) is 23.3 Å². The smallest absolute Gasteiger partial charge is 0.348 e. The van der Waals surface area contributed by atoms with Crippen LogP contribution in [-0.2, 0) is 17.5 Å². The monoisotopic (exact) mass is 319 g/mol. The molecular weight excluding hydrogens is 303 g/mol. The fraction of sp³-hybridized carbons (Fsp3) is 0.167. The van der Waals surface area contributed by atoms with Gasteiger partial charge in [0.15, 0.2) is 0 Å². The summed E-state index contributed by atoms with van der Waals surface area (Å²) < 4.78 is 37.8. The van der Waals surface area contributed by atoms with Crippen molar-refractivity contribution >= 4 is 12.0 Å². The van der Waals surface area contributed by atoms with Crippen LogP contribution in [0.1, 0.15) is 22.3 Å². The minimum Gasteiger partial charge on any atom is -0.348 e. The van der Waals surface area contributed by atoms with E-state index in [1.807, 2.05) is 31.2 Å². The Morgan fingerprint density at radius 3 is 2.48 bits per heavy atom. The SMILES string of the molecule is Cc1ccc(C=CC(=O)NCc2cccc(C(F)(F)F)c2)cc1. The fourth-order valence-electron chi connectivity index (χ4n) is 1.96. The second kappa shape index (κ2) is 7.13. The first-order valence-corrected chi connectivity index (χ1v) is 7.03. The van der Waals surface area contributed by atoms with Crippen LogP contribution in [-0.4, -0.2) is 5.91 Å². The highest BCUT2D eigenvalue weighted by molar-refractivity contribution is 5.91. The van der Waals surface area contributed by atoms with E-state index in [0.29, 0.717) is 5.56 Å². The van der Waals surface area contributed by atoms with Crippen molar-refractivity contribution in [3.05, 3.63) is 76.9 Å². The number of aryl methyl sites for hydroxylation is 1. The predicted octanol–water partition coefficient (Wildman–Crippen LogP) is 4.34. The van der Waals surface area contributed by atoms with Gasteiger partial charge >= 0.3 is 6.18 Å². The van der Waals surface area contributed by atoms with Crippen molar-refractivity contribution in [2.75, 3.05) is 0 Å². The average Bonchev–Trinajstić information content (AvgIpc) is 2.52. The Balaban J connectivity index is 1.93. The van der Waals surface area contributed by atoms with Crippen molar-refractivity contribution in [2.45, 2.75) is 19.6 Å². The topological polar surface area (TPSA) is 29.1 Å². The molecule has 23 heavy (non-hydrogen) atoms. The molecule has 2 nitrogen and oxygen atoms in total. The molecule has 2 aromatic rings. The summed E-state index contributed by atoms with van der Waals surface area (Å²) in [6.45, 7) is 2.01. The van der Waals surface area contributed by atoms with Gasteiger partial charge < -0.3 is 5.32 Å². The summed E-state index contributed by atoms with van der Waals surface area (Å²) in [5.74, 6) is -0.358. The summed E-state index contributed by atoms with van der Waals surface area (Å²) in [6.07, 6.45) is -1.37. The van der Waals surface area contributed by atoms with Gasteiger partial charge in [0.25, 0.3) is 0 Å². The normalized spacial score (nSPS) is 11.7. The van der Waals surface area contributed by atoms with E-state index in [1.54, 1.807) is 12.1 Å². The van der Waals surface area contributed by atoms with Crippen LogP contribution in [0, 0.1) is 6.92 Å². The van der Waals surface area contributed by atoms with E-state index < -0.39 is 11.7 Å². The van der Waals surface area contributed by atoms with Crippen LogP contribution in [0.5, 0.6) is 0 Å². The number of benzene rings is 2. The summed E-state index contributed by atoms with van der Waals surface area (Å²) in [4.78, 5) is 11.7. The first-order valence-electron chi connectivity index (χ1n) is 7.03. The summed E-state index contributed by atoms with van der Waals surface area (Å²) in [5.41, 5.74) is 1.68. The minimum absolute atomic E-state index is 0.0426. The number of hydrogen-bond donors (Lipinski definition) is 1. The molecule has 0 saturated carbocycles. The molecule has 0 saturated heterocycles. The molecule has 0 spiro atoms. The van der Waals surface area contributed by atoms with Crippen LogP contribution in [0.15, 0.2) is 54.6 Å². The van der Waals surface area contributed by atoms with Gasteiger partial charge in [0.1, 0.15) is 0 Å². The molecule has 0 aromatic heterocycles. The number of hydrogen-bond acceptors (Lipinski definition) is 1. The molecule has 0 bridgehead atoms. The van der Waals surface area contributed by atoms with E-state index in [1.165, 1.54) is 12.1 Å². The van der Waals surface area contributed by atoms with Crippen molar-refractivity contribution in [3.63, 3.8) is 0 Å². The molecule has 0 aliphatic heterocycles. The zero-order valence-electron chi connectivity index (χ0n) is 12.5. The Kier molecular flexibility index (Phi) is 5.21. The molecule has 1 N–H and O–H groups in total. The Hall–Kier alpha value is -2.56. The van der Waals surface area contributed by atoms with Gasteiger partial charge in [-0.1, -0.05) is 42.0 Å². The third kappa shape index (κ3) is 5.29. The van der Waals surface area contributed by atoms with Crippen LogP contribution in [0.25, 0.3) is 6.08 Å². The first kappa shape index (κ1) is 16.8. The predicted molar refractivity (Wildman–Crippen MR) is 83.5 cm³/mol. The van der Waals surface area contributed by atoms with Crippen LogP contribution >= 0.6 is 0 Å². The van der Waals surface area contributed by atoms with Gasteiger partial charge in [0.05, 0.1) is 5.56 Å². The summed E-state index contributed by atoms with van der Waals surface area (Å²) in [5, 5.41) is 2.57. The molecule has 0 atom stereocenters. The van der Waals surface area contributed by atoms with Crippen molar-refractivity contribution in [2.24, 2.45) is 0 Å². The lowest BCUT2D eigenvalue weighted by molar-refractivity contribution is -0.137. The molecule has 1 amide bonds. The highest BCUT2D eigenvalue weighted by Crippen LogP contribution is 2.29. The molecule has 2 rings (SSSR count). The number of carbonyl (C=O) groups excluding carboxylic acids is 1. The Bertz CT molecular complexity index is 703. The fourth-order valence-corrected chi connectivity index (χ4v) is 1.96. The lowest BCUT2D eigenvalue weighted by atomic mass is 10.1. The van der Waals surface area contributed by atoms with E-state index in [-0.39, 0.29) is 12.5 Å². The lowest BCUT2D eigenvalue weighted by Crippen LogP contribution is -2.20. The maximum Gasteiger partial charge on any atom is 0.416 e. The molecule has 0 aliphatic carbocycles. The standard InChI is InChI=1S/C18H16F3NO/c1-13-5-7-14(8-6-13)9-10-17(23)22-12-15-3-2-4-16(11-15)18(19,20)21/h2-11H,12H2,1H3,(H,22,23). The Morgan fingerprint density at radius 1 is 1.13 bits per heavy atom. The molecule has 5 heteroatoms. The zero-order chi connectivity index (χ0) is 16.9. The zero-order valence-corrected chi connectivity index (χ0v) is 12.5. The third-order valence-corrected chi connectivity index (χ3v) is 3.23. The highest BCUT2D eigenvalue weighted by atomic mass is 19.4. The number of halogens is 3. The van der Waals surface area contributed by atoms with Crippen LogP contribution in [0.3, 0.4) is 0 Å². The maximum atomic E-state index is 12.6. The summed E-state index contributed by atoms with van der Waals surface area (Å²) in [6, 6.07) is 12.5. The number of carbonyl (C=O) groups is 1. The highest BCUT2D eigenvalue weighted by Gasteiger charge is 2.30. The third-order valence-electron chi connectivity index (χ3n) is 3.23. The molecule has 0 fully saturated rings. The maximum absolute atomic E-state index is 12.6. The van der Waals surface area contributed by atoms with Gasteiger partial charge in [-0.25, -0.2) is 0 Å². The number of alkyl halides is 3. The van der Waals surface area contributed by atoms with Crippen LogP contribution in [0.2, 0.25) is 0 Å². The van der Waals surface area contributed by atoms with E-state index in [4.69, 9.17) is 0 Å². The van der Waals surface area contributed by atoms with Gasteiger partial charge in [-0.05, 0) is 36.3 Å². The molecule has 0 unspecified atom stereocenters. The Labute approximate surface area is 132 Å². The van der Waals surface area contributed by atoms with Crippen molar-refractivity contribution < 1.29 is 18.0 Å². The van der Waals surface area contributed by atoms with E-state index >= 15 is 0 Å². The van der Waals surface area contributed by atoms with Gasteiger partial charge in [-0.2, -0.15) is 13.2 Å². The summed E-state index contributed by atoms with van der Waals surface area (Å²) in [7, 11) is 0. The minimum atomic E-state index is -4.38. The van der Waals surface area contributed by atoms with E-state index in [2.05, 4.69) is 5.32 Å². The second-order valence-corrected chi connectivity index (χ2v) is 5.16. The first-order chi connectivity index (χ1) is 10.8. The van der Waals surface area contributed by atoms with Gasteiger partial charge in [0.2, 0.25) is 5.91 Å². The molecule has 0 heterocycles. The molecular formula is C18H16F3NO.